The van der Waals surface area contributed by atoms with Crippen LogP contribution in [0.15, 0.2) is 0 Å². The summed E-state index contributed by atoms with van der Waals surface area (Å²) in [6.07, 6.45) is 7.00. The molecule has 2 fully saturated rings. The van der Waals surface area contributed by atoms with E-state index in [2.05, 4.69) is 18.7 Å². The summed E-state index contributed by atoms with van der Waals surface area (Å²) in [6.45, 7) is 6.09. The van der Waals surface area contributed by atoms with Gasteiger partial charge in [0.15, 0.2) is 0 Å². The quantitative estimate of drug-likeness (QED) is 0.868. The molecule has 0 radical (unpaired) electrons. The molecule has 0 aromatic rings. The van der Waals surface area contributed by atoms with Crippen molar-refractivity contribution in [3.63, 3.8) is 0 Å². The lowest BCUT2D eigenvalue weighted by molar-refractivity contribution is -0.133. The molecule has 4 atom stereocenters. The van der Waals surface area contributed by atoms with Crippen LogP contribution in [0.2, 0.25) is 0 Å². The van der Waals surface area contributed by atoms with Gasteiger partial charge in [0.25, 0.3) is 0 Å². The van der Waals surface area contributed by atoms with Crippen LogP contribution in [-0.4, -0.2) is 29.9 Å². The third-order valence-electron chi connectivity index (χ3n) is 4.82. The van der Waals surface area contributed by atoms with Crippen molar-refractivity contribution < 1.29 is 4.79 Å². The molecule has 4 unspecified atom stereocenters. The molecule has 2 N–H and O–H groups in total. The van der Waals surface area contributed by atoms with E-state index in [0.29, 0.717) is 30.3 Å². The zero-order valence-corrected chi connectivity index (χ0v) is 13.1. The van der Waals surface area contributed by atoms with Crippen LogP contribution in [0.3, 0.4) is 0 Å². The summed E-state index contributed by atoms with van der Waals surface area (Å²) in [4.78, 5) is 14.5. The minimum absolute atomic E-state index is 0. The van der Waals surface area contributed by atoms with E-state index in [1.54, 1.807) is 0 Å². The Morgan fingerprint density at radius 3 is 2.53 bits per heavy atom. The van der Waals surface area contributed by atoms with Crippen LogP contribution >= 0.6 is 12.4 Å². The molecule has 4 heteroatoms. The topological polar surface area (TPSA) is 46.3 Å². The van der Waals surface area contributed by atoms with Gasteiger partial charge in [0, 0.05) is 19.0 Å². The lowest BCUT2D eigenvalue weighted by atomic mass is 9.80. The van der Waals surface area contributed by atoms with E-state index < -0.39 is 0 Å². The smallest absolute Gasteiger partial charge is 0.223 e. The molecule has 2 rings (SSSR count). The molecule has 1 aliphatic carbocycles. The summed E-state index contributed by atoms with van der Waals surface area (Å²) in [6, 6.07) is 0.395. The second-order valence-electron chi connectivity index (χ2n) is 6.57. The maximum atomic E-state index is 12.4. The standard InChI is InChI=1S/C15H28N2O.ClH/c1-11-4-3-5-13(6-11)8-15(18)17-10-14(9-16)7-12(17)2;/h11-14H,3-10,16H2,1-2H3;1H. The summed E-state index contributed by atoms with van der Waals surface area (Å²) >= 11 is 0. The highest BCUT2D eigenvalue weighted by molar-refractivity contribution is 5.85. The van der Waals surface area contributed by atoms with Gasteiger partial charge in [0.1, 0.15) is 0 Å². The van der Waals surface area contributed by atoms with Crippen LogP contribution in [0.5, 0.6) is 0 Å². The number of carbonyl (C=O) groups excluding carboxylic acids is 1. The first kappa shape index (κ1) is 16.8. The van der Waals surface area contributed by atoms with E-state index >= 15 is 0 Å². The summed E-state index contributed by atoms with van der Waals surface area (Å²) in [5.41, 5.74) is 5.72. The van der Waals surface area contributed by atoms with Gasteiger partial charge in [-0.15, -0.1) is 12.4 Å². The van der Waals surface area contributed by atoms with Crippen molar-refractivity contribution in [1.29, 1.82) is 0 Å². The normalized spacial score (nSPS) is 35.0. The van der Waals surface area contributed by atoms with Gasteiger partial charge in [-0.05, 0) is 50.5 Å². The van der Waals surface area contributed by atoms with Crippen LogP contribution in [-0.2, 0) is 4.79 Å². The first-order valence-electron chi connectivity index (χ1n) is 7.59. The Bertz CT molecular complexity index is 298. The van der Waals surface area contributed by atoms with Gasteiger partial charge in [-0.1, -0.05) is 19.8 Å². The molecule has 1 aliphatic heterocycles. The average molecular weight is 289 g/mol. The van der Waals surface area contributed by atoms with Crippen LogP contribution in [0, 0.1) is 17.8 Å². The van der Waals surface area contributed by atoms with Gasteiger partial charge in [0.2, 0.25) is 5.91 Å². The van der Waals surface area contributed by atoms with Gasteiger partial charge >= 0.3 is 0 Å². The molecule has 1 amide bonds. The van der Waals surface area contributed by atoms with Crippen LogP contribution in [0.4, 0.5) is 0 Å². The highest BCUT2D eigenvalue weighted by Crippen LogP contribution is 2.32. The lowest BCUT2D eigenvalue weighted by Gasteiger charge is -2.29. The Morgan fingerprint density at radius 2 is 1.95 bits per heavy atom. The fourth-order valence-electron chi connectivity index (χ4n) is 3.77. The molecule has 0 aromatic carbocycles. The van der Waals surface area contributed by atoms with E-state index in [1.165, 1.54) is 25.7 Å². The second kappa shape index (κ2) is 7.49. The van der Waals surface area contributed by atoms with Crippen molar-refractivity contribution in [3.8, 4) is 0 Å². The fraction of sp³-hybridized carbons (Fsp3) is 0.933. The van der Waals surface area contributed by atoms with Gasteiger partial charge in [-0.2, -0.15) is 0 Å². The molecule has 0 spiro atoms. The summed E-state index contributed by atoms with van der Waals surface area (Å²) < 4.78 is 0. The third kappa shape index (κ3) is 4.35. The van der Waals surface area contributed by atoms with Gasteiger partial charge in [0.05, 0.1) is 0 Å². The van der Waals surface area contributed by atoms with E-state index in [9.17, 15) is 4.79 Å². The van der Waals surface area contributed by atoms with Crippen LogP contribution < -0.4 is 5.73 Å². The van der Waals surface area contributed by atoms with Crippen molar-refractivity contribution in [2.75, 3.05) is 13.1 Å². The van der Waals surface area contributed by atoms with Gasteiger partial charge in [-0.25, -0.2) is 0 Å². The predicted octanol–water partition coefficient (Wildman–Crippen LogP) is 2.82. The van der Waals surface area contributed by atoms with Crippen molar-refractivity contribution in [3.05, 3.63) is 0 Å². The Hall–Kier alpha value is -0.280. The molecule has 112 valence electrons. The van der Waals surface area contributed by atoms with E-state index in [1.807, 2.05) is 0 Å². The SMILES string of the molecule is CC1CCCC(CC(=O)N2CC(CN)CC2C)C1.Cl. The number of halogens is 1. The number of hydrogen-bond acceptors (Lipinski definition) is 2. The molecular weight excluding hydrogens is 260 g/mol. The Labute approximate surface area is 123 Å². The molecule has 2 aliphatic rings. The maximum Gasteiger partial charge on any atom is 0.223 e. The Morgan fingerprint density at radius 1 is 1.21 bits per heavy atom. The molecule has 1 saturated carbocycles. The highest BCUT2D eigenvalue weighted by atomic mass is 35.5. The number of nitrogens with two attached hydrogens (primary N) is 1. The fourth-order valence-corrected chi connectivity index (χ4v) is 3.77. The molecule has 3 nitrogen and oxygen atoms in total. The molecule has 19 heavy (non-hydrogen) atoms. The number of nitrogens with zero attached hydrogens (tertiary/aromatic N) is 1. The average Bonchev–Trinajstić information content (AvgIpc) is 2.70. The third-order valence-corrected chi connectivity index (χ3v) is 4.82. The molecule has 1 saturated heterocycles. The van der Waals surface area contributed by atoms with Crippen LogP contribution in [0.25, 0.3) is 0 Å². The largest absolute Gasteiger partial charge is 0.340 e. The minimum Gasteiger partial charge on any atom is -0.340 e. The predicted molar refractivity (Wildman–Crippen MR) is 81.3 cm³/mol. The molecule has 1 heterocycles. The zero-order chi connectivity index (χ0) is 13.1. The monoisotopic (exact) mass is 288 g/mol. The number of rotatable bonds is 3. The molecular formula is C15H29ClN2O. The number of likely N-dealkylation sites (tertiary alicyclic amines) is 1. The summed E-state index contributed by atoms with van der Waals surface area (Å²) in [7, 11) is 0. The van der Waals surface area contributed by atoms with Crippen LogP contribution in [0.1, 0.15) is 52.4 Å². The number of amides is 1. The second-order valence-corrected chi connectivity index (χ2v) is 6.57. The number of carbonyl (C=O) groups is 1. The van der Waals surface area contributed by atoms with E-state index in [0.717, 1.165) is 25.3 Å². The summed E-state index contributed by atoms with van der Waals surface area (Å²) in [5, 5.41) is 0. The maximum absolute atomic E-state index is 12.4. The van der Waals surface area contributed by atoms with Crippen molar-refractivity contribution in [2.45, 2.75) is 58.4 Å². The first-order chi connectivity index (χ1) is 8.60. The Kier molecular flexibility index (Phi) is 6.61. The molecule has 0 bridgehead atoms. The number of hydrogen-bond donors (Lipinski definition) is 1. The van der Waals surface area contributed by atoms with Gasteiger partial charge < -0.3 is 10.6 Å². The van der Waals surface area contributed by atoms with Crippen molar-refractivity contribution in [1.82, 2.24) is 4.90 Å². The van der Waals surface area contributed by atoms with Crippen molar-refractivity contribution >= 4 is 18.3 Å². The van der Waals surface area contributed by atoms with E-state index in [4.69, 9.17) is 5.73 Å². The molecule has 0 aromatic heterocycles. The summed E-state index contributed by atoms with van der Waals surface area (Å²) in [5.74, 6) is 2.33. The van der Waals surface area contributed by atoms with Gasteiger partial charge in [-0.3, -0.25) is 4.79 Å². The minimum atomic E-state index is 0. The zero-order valence-electron chi connectivity index (χ0n) is 12.3. The Balaban J connectivity index is 0.00000180. The van der Waals surface area contributed by atoms with E-state index in [-0.39, 0.29) is 12.4 Å². The highest BCUT2D eigenvalue weighted by Gasteiger charge is 2.33. The van der Waals surface area contributed by atoms with Crippen molar-refractivity contribution in [2.24, 2.45) is 23.5 Å². The first-order valence-corrected chi connectivity index (χ1v) is 7.59. The lowest BCUT2D eigenvalue weighted by Crippen LogP contribution is -2.36.